The molecule has 0 saturated heterocycles. The number of methoxy groups -OCH3 is 1. The fourth-order valence-electron chi connectivity index (χ4n) is 3.21. The van der Waals surface area contributed by atoms with E-state index in [0.717, 1.165) is 3.97 Å². The van der Waals surface area contributed by atoms with Crippen molar-refractivity contribution < 1.29 is 23.1 Å². The molecule has 146 valence electrons. The van der Waals surface area contributed by atoms with Crippen molar-refractivity contribution in [2.24, 2.45) is 0 Å². The van der Waals surface area contributed by atoms with Crippen LogP contribution in [0.2, 0.25) is 0 Å². The summed E-state index contributed by atoms with van der Waals surface area (Å²) in [5.41, 5.74) is 0.929. The molecule has 3 aromatic carbocycles. The summed E-state index contributed by atoms with van der Waals surface area (Å²) >= 11 is 0. The Labute approximate surface area is 167 Å². The first-order valence-corrected chi connectivity index (χ1v) is 10.2. The van der Waals surface area contributed by atoms with E-state index in [1.165, 1.54) is 43.6 Å². The molecule has 0 atom stereocenters. The van der Waals surface area contributed by atoms with Gasteiger partial charge in [0.25, 0.3) is 10.0 Å². The van der Waals surface area contributed by atoms with Crippen molar-refractivity contribution in [1.82, 2.24) is 3.97 Å². The molecule has 1 heterocycles. The standard InChI is InChI=1S/C22H17NO5S/c1-28-21-13-15(11-12-20(21)24)22(25)18-14-23(19-10-6-5-9-17(18)19)29(26,27)16-7-3-2-4-8-16/h2-14,24H,1H3. The Kier molecular flexibility index (Phi) is 4.60. The predicted octanol–water partition coefficient (Wildman–Crippen LogP) is 3.82. The molecule has 4 rings (SSSR count). The smallest absolute Gasteiger partial charge is 0.268 e. The van der Waals surface area contributed by atoms with Gasteiger partial charge in [-0.1, -0.05) is 36.4 Å². The van der Waals surface area contributed by atoms with Gasteiger partial charge in [-0.25, -0.2) is 12.4 Å². The van der Waals surface area contributed by atoms with Gasteiger partial charge in [-0.3, -0.25) is 4.79 Å². The summed E-state index contributed by atoms with van der Waals surface area (Å²) < 4.78 is 32.5. The van der Waals surface area contributed by atoms with Crippen LogP contribution in [-0.2, 0) is 10.0 Å². The van der Waals surface area contributed by atoms with Crippen molar-refractivity contribution in [3.63, 3.8) is 0 Å². The number of aromatic hydroxyl groups is 1. The Morgan fingerprint density at radius 2 is 1.66 bits per heavy atom. The second-order valence-electron chi connectivity index (χ2n) is 6.39. The molecule has 0 saturated carbocycles. The second kappa shape index (κ2) is 7.10. The van der Waals surface area contributed by atoms with Crippen LogP contribution in [0.15, 0.2) is 83.9 Å². The van der Waals surface area contributed by atoms with E-state index >= 15 is 0 Å². The number of phenols is 1. The third-order valence-electron chi connectivity index (χ3n) is 4.66. The molecule has 0 aliphatic carbocycles. The van der Waals surface area contributed by atoms with Crippen molar-refractivity contribution in [3.05, 3.63) is 90.1 Å². The zero-order chi connectivity index (χ0) is 20.6. The molecule has 7 heteroatoms. The lowest BCUT2D eigenvalue weighted by atomic mass is 10.0. The lowest BCUT2D eigenvalue weighted by Crippen LogP contribution is -2.12. The van der Waals surface area contributed by atoms with Crippen LogP contribution in [0.4, 0.5) is 0 Å². The van der Waals surface area contributed by atoms with Crippen LogP contribution in [0.25, 0.3) is 10.9 Å². The molecule has 1 aromatic heterocycles. The highest BCUT2D eigenvalue weighted by molar-refractivity contribution is 7.90. The molecular formula is C22H17NO5S. The summed E-state index contributed by atoms with van der Waals surface area (Å²) in [4.78, 5) is 13.3. The summed E-state index contributed by atoms with van der Waals surface area (Å²) in [6.07, 6.45) is 1.34. The Bertz CT molecular complexity index is 1320. The van der Waals surface area contributed by atoms with Crippen LogP contribution in [0, 0.1) is 0 Å². The fraction of sp³-hybridized carbons (Fsp3) is 0.0455. The minimum Gasteiger partial charge on any atom is -0.504 e. The fourth-order valence-corrected chi connectivity index (χ4v) is 4.60. The van der Waals surface area contributed by atoms with Gasteiger partial charge in [0.05, 0.1) is 17.5 Å². The van der Waals surface area contributed by atoms with Crippen LogP contribution >= 0.6 is 0 Å². The lowest BCUT2D eigenvalue weighted by Gasteiger charge is -2.07. The van der Waals surface area contributed by atoms with Crippen LogP contribution in [0.5, 0.6) is 11.5 Å². The van der Waals surface area contributed by atoms with Gasteiger partial charge in [0.2, 0.25) is 0 Å². The number of ketones is 1. The maximum Gasteiger partial charge on any atom is 0.268 e. The normalized spacial score (nSPS) is 11.5. The van der Waals surface area contributed by atoms with E-state index in [1.807, 2.05) is 0 Å². The van der Waals surface area contributed by atoms with E-state index in [2.05, 4.69) is 0 Å². The molecule has 0 aliphatic rings. The van der Waals surface area contributed by atoms with Crippen LogP contribution in [0.1, 0.15) is 15.9 Å². The van der Waals surface area contributed by atoms with Gasteiger partial charge in [-0.2, -0.15) is 0 Å². The highest BCUT2D eigenvalue weighted by Gasteiger charge is 2.24. The van der Waals surface area contributed by atoms with Crippen molar-refractivity contribution in [3.8, 4) is 11.5 Å². The maximum absolute atomic E-state index is 13.2. The number of ether oxygens (including phenoxy) is 1. The van der Waals surface area contributed by atoms with Crippen molar-refractivity contribution in [2.75, 3.05) is 7.11 Å². The summed E-state index contributed by atoms with van der Waals surface area (Å²) in [5, 5.41) is 10.3. The number of nitrogens with zero attached hydrogens (tertiary/aromatic N) is 1. The lowest BCUT2D eigenvalue weighted by molar-refractivity contribution is 0.104. The van der Waals surface area contributed by atoms with Gasteiger partial charge >= 0.3 is 0 Å². The molecule has 0 spiro atoms. The van der Waals surface area contributed by atoms with E-state index in [9.17, 15) is 18.3 Å². The van der Waals surface area contributed by atoms with Gasteiger partial charge in [0.15, 0.2) is 17.3 Å². The Morgan fingerprint density at radius 1 is 0.966 bits per heavy atom. The van der Waals surface area contributed by atoms with E-state index in [-0.39, 0.29) is 33.3 Å². The second-order valence-corrected chi connectivity index (χ2v) is 8.20. The zero-order valence-corrected chi connectivity index (χ0v) is 16.3. The van der Waals surface area contributed by atoms with Gasteiger partial charge < -0.3 is 9.84 Å². The number of hydrogen-bond acceptors (Lipinski definition) is 5. The number of aromatic nitrogens is 1. The molecule has 6 nitrogen and oxygen atoms in total. The van der Waals surface area contributed by atoms with Crippen molar-refractivity contribution >= 4 is 26.7 Å². The van der Waals surface area contributed by atoms with Gasteiger partial charge in [0.1, 0.15) is 0 Å². The van der Waals surface area contributed by atoms with Crippen LogP contribution in [0.3, 0.4) is 0 Å². The van der Waals surface area contributed by atoms with Gasteiger partial charge in [-0.05, 0) is 36.4 Å². The number of para-hydroxylation sites is 1. The average Bonchev–Trinajstić information content (AvgIpc) is 3.15. The Morgan fingerprint density at radius 3 is 2.38 bits per heavy atom. The molecule has 1 N–H and O–H groups in total. The Balaban J connectivity index is 1.91. The number of rotatable bonds is 5. The molecule has 0 fully saturated rings. The Hall–Kier alpha value is -3.58. The van der Waals surface area contributed by atoms with Crippen molar-refractivity contribution in [2.45, 2.75) is 4.90 Å². The average molecular weight is 407 g/mol. The van der Waals surface area contributed by atoms with Gasteiger partial charge in [0, 0.05) is 22.7 Å². The third-order valence-corrected chi connectivity index (χ3v) is 6.35. The summed E-state index contributed by atoms with van der Waals surface area (Å²) in [6, 6.07) is 19.1. The SMILES string of the molecule is COc1cc(C(=O)c2cn(S(=O)(=O)c3ccccc3)c3ccccc23)ccc1O. The minimum atomic E-state index is -3.88. The van der Waals surface area contributed by atoms with E-state index in [1.54, 1.807) is 42.5 Å². The number of fused-ring (bicyclic) bond motifs is 1. The number of phenolic OH excluding ortho intramolecular Hbond substituents is 1. The van der Waals surface area contributed by atoms with Crippen molar-refractivity contribution in [1.29, 1.82) is 0 Å². The maximum atomic E-state index is 13.2. The molecule has 0 unspecified atom stereocenters. The largest absolute Gasteiger partial charge is 0.504 e. The molecule has 0 aliphatic heterocycles. The highest BCUT2D eigenvalue weighted by atomic mass is 32.2. The van der Waals surface area contributed by atoms with E-state index < -0.39 is 10.0 Å². The number of carbonyl (C=O) groups is 1. The monoisotopic (exact) mass is 407 g/mol. The summed E-state index contributed by atoms with van der Waals surface area (Å²) in [7, 11) is -2.49. The molecule has 4 aromatic rings. The third kappa shape index (κ3) is 3.15. The molecular weight excluding hydrogens is 390 g/mol. The van der Waals surface area contributed by atoms with E-state index in [4.69, 9.17) is 4.74 Å². The number of carbonyl (C=O) groups excluding carboxylic acids is 1. The van der Waals surface area contributed by atoms with Crippen LogP contribution in [-0.4, -0.2) is 30.4 Å². The number of hydrogen-bond donors (Lipinski definition) is 1. The number of benzene rings is 3. The quantitative estimate of drug-likeness (QED) is 0.508. The molecule has 0 bridgehead atoms. The highest BCUT2D eigenvalue weighted by Crippen LogP contribution is 2.31. The minimum absolute atomic E-state index is 0.0851. The predicted molar refractivity (Wildman–Crippen MR) is 109 cm³/mol. The topological polar surface area (TPSA) is 85.6 Å². The van der Waals surface area contributed by atoms with Gasteiger partial charge in [-0.15, -0.1) is 0 Å². The molecule has 0 amide bonds. The van der Waals surface area contributed by atoms with Crippen LogP contribution < -0.4 is 4.74 Å². The summed E-state index contributed by atoms with van der Waals surface area (Å²) in [6.45, 7) is 0. The van der Waals surface area contributed by atoms with E-state index in [0.29, 0.717) is 10.9 Å². The molecule has 0 radical (unpaired) electrons. The first-order chi connectivity index (χ1) is 13.9. The molecule has 29 heavy (non-hydrogen) atoms. The first-order valence-electron chi connectivity index (χ1n) is 8.76. The zero-order valence-electron chi connectivity index (χ0n) is 15.4. The first kappa shape index (κ1) is 18.8. The summed E-state index contributed by atoms with van der Waals surface area (Å²) in [5.74, 6) is -0.295.